The lowest BCUT2D eigenvalue weighted by atomic mass is 10.0. The molecule has 1 aromatic heterocycles. The van der Waals surface area contributed by atoms with Crippen LogP contribution in [-0.4, -0.2) is 16.5 Å². The van der Waals surface area contributed by atoms with Gasteiger partial charge in [-0.2, -0.15) is 4.98 Å². The van der Waals surface area contributed by atoms with Crippen molar-refractivity contribution in [1.29, 1.82) is 0 Å². The van der Waals surface area contributed by atoms with Crippen molar-refractivity contribution in [2.24, 2.45) is 5.92 Å². The van der Waals surface area contributed by atoms with Gasteiger partial charge in [-0.15, -0.1) is 0 Å². The molecule has 5 nitrogen and oxygen atoms in total. The minimum atomic E-state index is 0.592. The van der Waals surface area contributed by atoms with Crippen molar-refractivity contribution in [1.82, 2.24) is 15.3 Å². The number of nitrogens with one attached hydrogen (secondary N) is 3. The van der Waals surface area contributed by atoms with Gasteiger partial charge in [-0.1, -0.05) is 42.5 Å². The first-order chi connectivity index (χ1) is 14.3. The zero-order valence-corrected chi connectivity index (χ0v) is 16.4. The average molecular weight is 383 g/mol. The fourth-order valence-electron chi connectivity index (χ4n) is 3.45. The van der Waals surface area contributed by atoms with Crippen molar-refractivity contribution < 1.29 is 0 Å². The van der Waals surface area contributed by atoms with Crippen molar-refractivity contribution in [3.8, 4) is 11.1 Å². The summed E-state index contributed by atoms with van der Waals surface area (Å²) in [7, 11) is 0. The molecule has 2 aliphatic rings. The fourth-order valence-corrected chi connectivity index (χ4v) is 3.45. The minimum absolute atomic E-state index is 0.592. The number of rotatable bonds is 8. The molecule has 2 aliphatic carbocycles. The van der Waals surface area contributed by atoms with E-state index in [2.05, 4.69) is 74.4 Å². The van der Waals surface area contributed by atoms with Crippen LogP contribution in [0.1, 0.15) is 25.7 Å². The SMILES string of the molecule is c1ccc(-c2ccc(Nc3nccc(NC4=C(NCC5CC5)CC4)n3)cc2)cc1. The van der Waals surface area contributed by atoms with Gasteiger partial charge < -0.3 is 16.0 Å². The Balaban J connectivity index is 1.23. The molecule has 1 heterocycles. The molecule has 0 saturated heterocycles. The van der Waals surface area contributed by atoms with Crippen LogP contribution in [0.5, 0.6) is 0 Å². The molecule has 0 spiro atoms. The highest BCUT2D eigenvalue weighted by Crippen LogP contribution is 2.31. The van der Waals surface area contributed by atoms with Crippen LogP contribution in [0.4, 0.5) is 17.5 Å². The molecule has 0 bridgehead atoms. The van der Waals surface area contributed by atoms with Crippen LogP contribution in [0.3, 0.4) is 0 Å². The molecule has 0 aliphatic heterocycles. The lowest BCUT2D eigenvalue weighted by Crippen LogP contribution is -2.26. The molecule has 3 aromatic rings. The largest absolute Gasteiger partial charge is 0.387 e. The molecule has 29 heavy (non-hydrogen) atoms. The maximum atomic E-state index is 4.62. The molecule has 0 atom stereocenters. The van der Waals surface area contributed by atoms with E-state index in [4.69, 9.17) is 0 Å². The van der Waals surface area contributed by atoms with E-state index in [0.717, 1.165) is 36.8 Å². The zero-order chi connectivity index (χ0) is 19.5. The average Bonchev–Trinajstić information content (AvgIpc) is 3.57. The van der Waals surface area contributed by atoms with Gasteiger partial charge in [-0.25, -0.2) is 4.98 Å². The van der Waals surface area contributed by atoms with E-state index < -0.39 is 0 Å². The van der Waals surface area contributed by atoms with Gasteiger partial charge in [0.25, 0.3) is 0 Å². The third-order valence-electron chi connectivity index (χ3n) is 5.47. The van der Waals surface area contributed by atoms with Crippen molar-refractivity contribution in [3.63, 3.8) is 0 Å². The summed E-state index contributed by atoms with van der Waals surface area (Å²) in [5, 5.41) is 10.3. The van der Waals surface area contributed by atoms with Crippen LogP contribution in [0.25, 0.3) is 11.1 Å². The van der Waals surface area contributed by atoms with E-state index in [9.17, 15) is 0 Å². The number of anilines is 3. The second kappa shape index (κ2) is 7.95. The van der Waals surface area contributed by atoms with Gasteiger partial charge in [-0.3, -0.25) is 0 Å². The molecule has 146 valence electrons. The number of allylic oxidation sites excluding steroid dienone is 2. The summed E-state index contributed by atoms with van der Waals surface area (Å²) in [6.45, 7) is 1.11. The van der Waals surface area contributed by atoms with Crippen LogP contribution < -0.4 is 16.0 Å². The standard InChI is InChI=1S/C24H25N5/c1-2-4-18(5-3-1)19-8-10-20(11-9-19)27-24-25-15-14-23(29-24)28-22-13-12-21(22)26-16-17-6-7-17/h1-5,8-11,14-15,17,26H,6-7,12-13,16H2,(H2,25,27,28,29). The van der Waals surface area contributed by atoms with E-state index >= 15 is 0 Å². The number of nitrogens with zero attached hydrogens (tertiary/aromatic N) is 2. The minimum Gasteiger partial charge on any atom is -0.387 e. The molecule has 2 aromatic carbocycles. The monoisotopic (exact) mass is 383 g/mol. The molecule has 1 saturated carbocycles. The topological polar surface area (TPSA) is 61.9 Å². The summed E-state index contributed by atoms with van der Waals surface area (Å²) >= 11 is 0. The predicted molar refractivity (Wildman–Crippen MR) is 118 cm³/mol. The van der Waals surface area contributed by atoms with Crippen LogP contribution >= 0.6 is 0 Å². The van der Waals surface area contributed by atoms with E-state index in [1.807, 2.05) is 12.1 Å². The Bertz CT molecular complexity index is 1010. The van der Waals surface area contributed by atoms with Crippen molar-refractivity contribution in [3.05, 3.63) is 78.3 Å². The fraction of sp³-hybridized carbons (Fsp3) is 0.250. The van der Waals surface area contributed by atoms with E-state index in [-0.39, 0.29) is 0 Å². The Labute approximate surface area is 171 Å². The first kappa shape index (κ1) is 17.7. The predicted octanol–water partition coefficient (Wildman–Crippen LogP) is 5.30. The Kier molecular flexibility index (Phi) is 4.87. The van der Waals surface area contributed by atoms with Gasteiger partial charge in [0.05, 0.1) is 0 Å². The Hall–Kier alpha value is -3.34. The van der Waals surface area contributed by atoms with E-state index in [0.29, 0.717) is 5.95 Å². The number of benzene rings is 2. The van der Waals surface area contributed by atoms with Gasteiger partial charge in [0.1, 0.15) is 5.82 Å². The van der Waals surface area contributed by atoms with Crippen LogP contribution in [0.2, 0.25) is 0 Å². The number of hydrogen-bond donors (Lipinski definition) is 3. The van der Waals surface area contributed by atoms with Crippen molar-refractivity contribution in [2.75, 3.05) is 17.2 Å². The summed E-state index contributed by atoms with van der Waals surface area (Å²) in [4.78, 5) is 8.98. The quantitative estimate of drug-likeness (QED) is 0.492. The Morgan fingerprint density at radius 1 is 0.793 bits per heavy atom. The maximum absolute atomic E-state index is 4.62. The summed E-state index contributed by atoms with van der Waals surface area (Å²) < 4.78 is 0. The first-order valence-electron chi connectivity index (χ1n) is 10.3. The van der Waals surface area contributed by atoms with E-state index in [1.54, 1.807) is 6.20 Å². The molecule has 0 unspecified atom stereocenters. The Morgan fingerprint density at radius 3 is 2.28 bits per heavy atom. The molecule has 5 rings (SSSR count). The third-order valence-corrected chi connectivity index (χ3v) is 5.47. The molecule has 1 fully saturated rings. The smallest absolute Gasteiger partial charge is 0.229 e. The zero-order valence-electron chi connectivity index (χ0n) is 16.4. The summed E-state index contributed by atoms with van der Waals surface area (Å²) in [6.07, 6.45) is 6.72. The molecule has 0 amide bonds. The molecule has 0 radical (unpaired) electrons. The van der Waals surface area contributed by atoms with Crippen molar-refractivity contribution >= 4 is 17.5 Å². The first-order valence-corrected chi connectivity index (χ1v) is 10.3. The second-order valence-electron chi connectivity index (χ2n) is 7.74. The third kappa shape index (κ3) is 4.40. The van der Waals surface area contributed by atoms with Crippen molar-refractivity contribution in [2.45, 2.75) is 25.7 Å². The highest BCUT2D eigenvalue weighted by molar-refractivity contribution is 5.67. The van der Waals surface area contributed by atoms with Crippen LogP contribution in [0.15, 0.2) is 78.3 Å². The molecule has 5 heteroatoms. The highest BCUT2D eigenvalue weighted by atomic mass is 15.1. The Morgan fingerprint density at radius 2 is 1.55 bits per heavy atom. The van der Waals surface area contributed by atoms with Crippen LogP contribution in [0, 0.1) is 5.92 Å². The van der Waals surface area contributed by atoms with Crippen LogP contribution in [-0.2, 0) is 0 Å². The lowest BCUT2D eigenvalue weighted by Gasteiger charge is -2.26. The second-order valence-corrected chi connectivity index (χ2v) is 7.74. The molecular weight excluding hydrogens is 358 g/mol. The van der Waals surface area contributed by atoms with Gasteiger partial charge in [0.2, 0.25) is 5.95 Å². The van der Waals surface area contributed by atoms with Gasteiger partial charge >= 0.3 is 0 Å². The maximum Gasteiger partial charge on any atom is 0.229 e. The highest BCUT2D eigenvalue weighted by Gasteiger charge is 2.24. The van der Waals surface area contributed by atoms with Gasteiger partial charge in [0, 0.05) is 29.8 Å². The number of hydrogen-bond acceptors (Lipinski definition) is 5. The van der Waals surface area contributed by atoms with Gasteiger partial charge in [-0.05, 0) is 60.9 Å². The molecular formula is C24H25N5. The lowest BCUT2D eigenvalue weighted by molar-refractivity contribution is 0.632. The molecule has 3 N–H and O–H groups in total. The summed E-state index contributed by atoms with van der Waals surface area (Å²) in [5.41, 5.74) is 5.96. The summed E-state index contributed by atoms with van der Waals surface area (Å²) in [6, 6.07) is 20.6. The normalized spacial score (nSPS) is 15.6. The van der Waals surface area contributed by atoms with Gasteiger partial charge in [0.15, 0.2) is 0 Å². The number of aromatic nitrogens is 2. The van der Waals surface area contributed by atoms with E-state index in [1.165, 1.54) is 35.4 Å². The summed E-state index contributed by atoms with van der Waals surface area (Å²) in [5.74, 6) is 2.30.